The van der Waals surface area contributed by atoms with Gasteiger partial charge < -0.3 is 36.0 Å². The van der Waals surface area contributed by atoms with Crippen molar-refractivity contribution in [3.63, 3.8) is 0 Å². The van der Waals surface area contributed by atoms with Gasteiger partial charge in [-0.2, -0.15) is 0 Å². The quantitative estimate of drug-likeness (QED) is 0.315. The highest BCUT2D eigenvalue weighted by Crippen LogP contribution is 2.30. The Bertz CT molecular complexity index is 313. The van der Waals surface area contributed by atoms with Gasteiger partial charge in [0, 0.05) is 6.42 Å². The number of aliphatic hydroxyl groups excluding tert-OH is 4. The number of carbonyl (C=O) groups is 1. The zero-order valence-electron chi connectivity index (χ0n) is 9.93. The first-order valence-electron chi connectivity index (χ1n) is 5.55. The fourth-order valence-electron chi connectivity index (χ4n) is 1.94. The molecule has 0 aromatic rings. The van der Waals surface area contributed by atoms with Gasteiger partial charge in [-0.1, -0.05) is 0 Å². The molecule has 0 bridgehead atoms. The average molecular weight is 265 g/mol. The third-order valence-electron chi connectivity index (χ3n) is 3.19. The largest absolute Gasteiger partial charge is 0.479 e. The SMILES string of the molecule is CC1(C(=O)O)C[C@@H](O)[C@@H](N)C([C@H](O)[C@H](O)CO)O1. The molecule has 1 rings (SSSR count). The van der Waals surface area contributed by atoms with Crippen LogP contribution in [0.3, 0.4) is 0 Å². The van der Waals surface area contributed by atoms with Crippen molar-refractivity contribution >= 4 is 5.97 Å². The molecule has 2 unspecified atom stereocenters. The van der Waals surface area contributed by atoms with Crippen LogP contribution in [0.4, 0.5) is 0 Å². The van der Waals surface area contributed by atoms with Gasteiger partial charge in [-0.25, -0.2) is 4.79 Å². The molecule has 106 valence electrons. The minimum absolute atomic E-state index is 0.220. The van der Waals surface area contributed by atoms with Crippen molar-refractivity contribution in [2.24, 2.45) is 5.73 Å². The summed E-state index contributed by atoms with van der Waals surface area (Å²) in [7, 11) is 0. The lowest BCUT2D eigenvalue weighted by Crippen LogP contribution is -2.64. The molecule has 18 heavy (non-hydrogen) atoms. The Labute approximate surface area is 104 Å². The van der Waals surface area contributed by atoms with Gasteiger partial charge in [0.05, 0.1) is 18.8 Å². The summed E-state index contributed by atoms with van der Waals surface area (Å²) in [6.45, 7) is 0.517. The molecule has 1 aliphatic rings. The minimum atomic E-state index is -1.70. The fraction of sp³-hybridized carbons (Fsp3) is 0.900. The minimum Gasteiger partial charge on any atom is -0.479 e. The van der Waals surface area contributed by atoms with Crippen molar-refractivity contribution in [1.29, 1.82) is 0 Å². The monoisotopic (exact) mass is 265 g/mol. The van der Waals surface area contributed by atoms with Gasteiger partial charge in [0.15, 0.2) is 5.60 Å². The number of aliphatic hydroxyl groups is 4. The lowest BCUT2D eigenvalue weighted by molar-refractivity contribution is -0.221. The van der Waals surface area contributed by atoms with E-state index < -0.39 is 48.6 Å². The van der Waals surface area contributed by atoms with E-state index in [0.29, 0.717) is 0 Å². The van der Waals surface area contributed by atoms with Gasteiger partial charge in [0.1, 0.15) is 18.3 Å². The molecular weight excluding hydrogens is 246 g/mol. The lowest BCUT2D eigenvalue weighted by atomic mass is 9.85. The Morgan fingerprint density at radius 1 is 1.56 bits per heavy atom. The van der Waals surface area contributed by atoms with Gasteiger partial charge in [-0.05, 0) is 6.92 Å². The second-order valence-corrected chi connectivity index (χ2v) is 4.71. The van der Waals surface area contributed by atoms with Crippen LogP contribution in [0.5, 0.6) is 0 Å². The van der Waals surface area contributed by atoms with E-state index in [1.54, 1.807) is 0 Å². The summed E-state index contributed by atoms with van der Waals surface area (Å²) in [4.78, 5) is 11.1. The molecule has 0 saturated carbocycles. The number of hydrogen-bond donors (Lipinski definition) is 6. The fourth-order valence-corrected chi connectivity index (χ4v) is 1.94. The predicted molar refractivity (Wildman–Crippen MR) is 58.6 cm³/mol. The maximum atomic E-state index is 11.1. The second-order valence-electron chi connectivity index (χ2n) is 4.71. The topological polar surface area (TPSA) is 153 Å². The van der Waals surface area contributed by atoms with E-state index in [0.717, 1.165) is 0 Å². The van der Waals surface area contributed by atoms with Crippen LogP contribution in [0, 0.1) is 0 Å². The molecule has 0 amide bonds. The smallest absolute Gasteiger partial charge is 0.335 e. The summed E-state index contributed by atoms with van der Waals surface area (Å²) in [5, 5.41) is 46.5. The summed E-state index contributed by atoms with van der Waals surface area (Å²) in [5.41, 5.74) is 3.92. The number of nitrogens with two attached hydrogens (primary N) is 1. The van der Waals surface area contributed by atoms with E-state index in [1.807, 2.05) is 0 Å². The van der Waals surface area contributed by atoms with Crippen LogP contribution in [-0.4, -0.2) is 74.2 Å². The third kappa shape index (κ3) is 2.79. The first-order chi connectivity index (χ1) is 8.23. The zero-order chi connectivity index (χ0) is 14.1. The van der Waals surface area contributed by atoms with Gasteiger partial charge in [0.25, 0.3) is 0 Å². The Kier molecular flexibility index (Phi) is 4.65. The number of carboxylic acid groups (broad SMARTS) is 1. The second kappa shape index (κ2) is 5.47. The molecule has 1 heterocycles. The van der Waals surface area contributed by atoms with Crippen molar-refractivity contribution in [3.8, 4) is 0 Å². The van der Waals surface area contributed by atoms with E-state index in [1.165, 1.54) is 6.92 Å². The van der Waals surface area contributed by atoms with Crippen molar-refractivity contribution in [2.45, 2.75) is 49.4 Å². The first-order valence-corrected chi connectivity index (χ1v) is 5.55. The van der Waals surface area contributed by atoms with Gasteiger partial charge in [-0.3, -0.25) is 0 Å². The van der Waals surface area contributed by atoms with Crippen molar-refractivity contribution in [3.05, 3.63) is 0 Å². The molecular formula is C10H19NO7. The summed E-state index contributed by atoms with van der Waals surface area (Å²) in [6, 6.07) is -1.05. The highest BCUT2D eigenvalue weighted by molar-refractivity contribution is 5.77. The summed E-state index contributed by atoms with van der Waals surface area (Å²) < 4.78 is 5.20. The van der Waals surface area contributed by atoms with E-state index >= 15 is 0 Å². The Morgan fingerprint density at radius 2 is 2.11 bits per heavy atom. The molecule has 0 radical (unpaired) electrons. The molecule has 1 aliphatic heterocycles. The molecule has 8 heteroatoms. The predicted octanol–water partition coefficient (Wildman–Crippen LogP) is -2.98. The van der Waals surface area contributed by atoms with Crippen LogP contribution in [0.15, 0.2) is 0 Å². The van der Waals surface area contributed by atoms with Gasteiger partial charge in [0.2, 0.25) is 0 Å². The maximum Gasteiger partial charge on any atom is 0.335 e. The maximum absolute atomic E-state index is 11.1. The summed E-state index contributed by atoms with van der Waals surface area (Å²) in [6.07, 6.45) is -5.80. The number of carboxylic acids is 1. The molecule has 1 saturated heterocycles. The first kappa shape index (κ1) is 15.3. The van der Waals surface area contributed by atoms with Gasteiger partial charge in [-0.15, -0.1) is 0 Å². The van der Waals surface area contributed by atoms with E-state index in [9.17, 15) is 20.1 Å². The number of aliphatic carboxylic acids is 1. The Balaban J connectivity index is 2.92. The number of rotatable bonds is 4. The Hall–Kier alpha value is -0.770. The van der Waals surface area contributed by atoms with Crippen molar-refractivity contribution in [1.82, 2.24) is 0 Å². The zero-order valence-corrected chi connectivity index (χ0v) is 9.93. The summed E-state index contributed by atoms with van der Waals surface area (Å²) in [5.74, 6) is -1.30. The van der Waals surface area contributed by atoms with E-state index in [2.05, 4.69) is 0 Å². The normalized spacial score (nSPS) is 40.2. The lowest BCUT2D eigenvalue weighted by Gasteiger charge is -2.44. The van der Waals surface area contributed by atoms with E-state index in [4.69, 9.17) is 20.7 Å². The molecule has 8 nitrogen and oxygen atoms in total. The molecule has 7 N–H and O–H groups in total. The van der Waals surface area contributed by atoms with Crippen LogP contribution in [0.2, 0.25) is 0 Å². The van der Waals surface area contributed by atoms with Crippen LogP contribution in [0.25, 0.3) is 0 Å². The third-order valence-corrected chi connectivity index (χ3v) is 3.19. The Morgan fingerprint density at radius 3 is 2.56 bits per heavy atom. The van der Waals surface area contributed by atoms with Crippen LogP contribution in [-0.2, 0) is 9.53 Å². The molecule has 6 atom stereocenters. The molecule has 0 aromatic heterocycles. The number of hydrogen-bond acceptors (Lipinski definition) is 7. The highest BCUT2D eigenvalue weighted by atomic mass is 16.6. The van der Waals surface area contributed by atoms with Gasteiger partial charge >= 0.3 is 5.97 Å². The molecule has 0 aliphatic carbocycles. The van der Waals surface area contributed by atoms with Crippen LogP contribution < -0.4 is 5.73 Å². The van der Waals surface area contributed by atoms with Crippen molar-refractivity contribution < 1.29 is 35.1 Å². The molecule has 1 fully saturated rings. The average Bonchev–Trinajstić information content (AvgIpc) is 2.31. The molecule has 0 spiro atoms. The summed E-state index contributed by atoms with van der Waals surface area (Å²) >= 11 is 0. The van der Waals surface area contributed by atoms with Crippen LogP contribution in [0.1, 0.15) is 13.3 Å². The highest BCUT2D eigenvalue weighted by Gasteiger charge is 2.50. The molecule has 0 aromatic carbocycles. The number of ether oxygens (including phenoxy) is 1. The van der Waals surface area contributed by atoms with Crippen LogP contribution >= 0.6 is 0 Å². The van der Waals surface area contributed by atoms with E-state index in [-0.39, 0.29) is 6.42 Å². The standard InChI is InChI=1S/C10H19NO7/c1-10(9(16)17)2-4(13)6(11)8(18-10)7(15)5(14)3-12/h4-8,12-15H,2-3,11H2,1H3,(H,16,17)/t4-,5-,6-,7-,8?,10?/m1/s1. The van der Waals surface area contributed by atoms with Crippen molar-refractivity contribution in [2.75, 3.05) is 6.61 Å².